The van der Waals surface area contributed by atoms with Crippen LogP contribution in [0.5, 0.6) is 0 Å². The van der Waals surface area contributed by atoms with Crippen LogP contribution in [-0.4, -0.2) is 45.4 Å². The van der Waals surface area contributed by atoms with Crippen LogP contribution in [-0.2, 0) is 19.0 Å². The molecule has 1 atom stereocenters. The van der Waals surface area contributed by atoms with Gasteiger partial charge in [0.25, 0.3) is 0 Å². The van der Waals surface area contributed by atoms with Gasteiger partial charge in [0.1, 0.15) is 5.78 Å². The zero-order chi connectivity index (χ0) is 15.8. The molecule has 0 amide bonds. The number of rotatable bonds is 16. The highest BCUT2D eigenvalue weighted by Gasteiger charge is 2.05. The Bertz CT molecular complexity index is 231. The average Bonchev–Trinajstić information content (AvgIpc) is 2.47. The summed E-state index contributed by atoms with van der Waals surface area (Å²) in [5.74, 6) is 0.908. The molecule has 0 aliphatic heterocycles. The summed E-state index contributed by atoms with van der Waals surface area (Å²) in [6.45, 7) is 10.0. The fourth-order valence-electron chi connectivity index (χ4n) is 2.01. The van der Waals surface area contributed by atoms with Crippen LogP contribution in [0, 0.1) is 5.92 Å². The van der Waals surface area contributed by atoms with Crippen molar-refractivity contribution < 1.29 is 19.0 Å². The molecule has 0 aromatic rings. The van der Waals surface area contributed by atoms with E-state index in [0.717, 1.165) is 13.0 Å². The van der Waals surface area contributed by atoms with Crippen molar-refractivity contribution in [3.05, 3.63) is 0 Å². The Kier molecular flexibility index (Phi) is 15.6. The average molecular weight is 302 g/mol. The standard InChI is InChI=1S/C17H34O4/c1-4-6-9-17(5-2)15-21-14-13-20-12-11-19-10-7-8-16(3)18/h17H,4-15H2,1-3H3. The molecule has 0 spiro atoms. The van der Waals surface area contributed by atoms with Gasteiger partial charge in [-0.2, -0.15) is 0 Å². The van der Waals surface area contributed by atoms with Crippen LogP contribution in [0.3, 0.4) is 0 Å². The Hall–Kier alpha value is -0.450. The molecule has 1 unspecified atom stereocenters. The van der Waals surface area contributed by atoms with Gasteiger partial charge in [0.15, 0.2) is 0 Å². The predicted octanol–water partition coefficient (Wildman–Crippen LogP) is 3.62. The maximum Gasteiger partial charge on any atom is 0.129 e. The fraction of sp³-hybridized carbons (Fsp3) is 0.941. The molecule has 0 aliphatic rings. The molecule has 0 rings (SSSR count). The van der Waals surface area contributed by atoms with Crippen LogP contribution in [0.25, 0.3) is 0 Å². The third-order valence-electron chi connectivity index (χ3n) is 3.46. The van der Waals surface area contributed by atoms with E-state index >= 15 is 0 Å². The van der Waals surface area contributed by atoms with Crippen LogP contribution in [0.15, 0.2) is 0 Å². The zero-order valence-corrected chi connectivity index (χ0v) is 14.2. The number of hydrogen-bond donors (Lipinski definition) is 0. The third-order valence-corrected chi connectivity index (χ3v) is 3.46. The Morgan fingerprint density at radius 2 is 1.52 bits per heavy atom. The summed E-state index contributed by atoms with van der Waals surface area (Å²) in [5, 5.41) is 0. The van der Waals surface area contributed by atoms with Crippen molar-refractivity contribution in [2.75, 3.05) is 39.6 Å². The first kappa shape index (κ1) is 20.6. The fourth-order valence-corrected chi connectivity index (χ4v) is 2.01. The summed E-state index contributed by atoms with van der Waals surface area (Å²) >= 11 is 0. The first-order valence-corrected chi connectivity index (χ1v) is 8.43. The largest absolute Gasteiger partial charge is 0.379 e. The van der Waals surface area contributed by atoms with E-state index in [4.69, 9.17) is 14.2 Å². The smallest absolute Gasteiger partial charge is 0.129 e. The van der Waals surface area contributed by atoms with Gasteiger partial charge in [0, 0.05) is 19.6 Å². The number of ketones is 1. The van der Waals surface area contributed by atoms with Gasteiger partial charge in [0.2, 0.25) is 0 Å². The molecule has 0 fully saturated rings. The summed E-state index contributed by atoms with van der Waals surface area (Å²) in [6, 6.07) is 0. The summed E-state index contributed by atoms with van der Waals surface area (Å²) in [7, 11) is 0. The van der Waals surface area contributed by atoms with Crippen molar-refractivity contribution >= 4 is 5.78 Å². The van der Waals surface area contributed by atoms with Crippen molar-refractivity contribution in [1.29, 1.82) is 0 Å². The van der Waals surface area contributed by atoms with E-state index < -0.39 is 0 Å². The lowest BCUT2D eigenvalue weighted by Crippen LogP contribution is -2.14. The highest BCUT2D eigenvalue weighted by molar-refractivity contribution is 5.75. The molecule has 0 radical (unpaired) electrons. The highest BCUT2D eigenvalue weighted by Crippen LogP contribution is 2.12. The van der Waals surface area contributed by atoms with Crippen LogP contribution < -0.4 is 0 Å². The molecule has 0 N–H and O–H groups in total. The van der Waals surface area contributed by atoms with Crippen molar-refractivity contribution in [3.63, 3.8) is 0 Å². The minimum Gasteiger partial charge on any atom is -0.379 e. The maximum atomic E-state index is 10.7. The van der Waals surface area contributed by atoms with Crippen molar-refractivity contribution in [2.45, 2.75) is 59.3 Å². The summed E-state index contributed by atoms with van der Waals surface area (Å²) < 4.78 is 16.5. The summed E-state index contributed by atoms with van der Waals surface area (Å²) in [4.78, 5) is 10.7. The lowest BCUT2D eigenvalue weighted by molar-refractivity contribution is -0.117. The van der Waals surface area contributed by atoms with Gasteiger partial charge < -0.3 is 19.0 Å². The normalized spacial score (nSPS) is 12.5. The van der Waals surface area contributed by atoms with Crippen LogP contribution >= 0.6 is 0 Å². The number of unbranched alkanes of at least 4 members (excludes halogenated alkanes) is 1. The Morgan fingerprint density at radius 3 is 2.10 bits per heavy atom. The number of carbonyl (C=O) groups excluding carboxylic acids is 1. The van der Waals surface area contributed by atoms with E-state index in [-0.39, 0.29) is 5.78 Å². The molecule has 4 heteroatoms. The van der Waals surface area contributed by atoms with Crippen LogP contribution in [0.4, 0.5) is 0 Å². The second-order valence-corrected chi connectivity index (χ2v) is 5.52. The van der Waals surface area contributed by atoms with E-state index in [9.17, 15) is 4.79 Å². The van der Waals surface area contributed by atoms with E-state index in [2.05, 4.69) is 13.8 Å². The maximum absolute atomic E-state index is 10.7. The molecule has 0 heterocycles. The quantitative estimate of drug-likeness (QED) is 0.408. The molecule has 0 saturated carbocycles. The summed E-state index contributed by atoms with van der Waals surface area (Å²) in [6.07, 6.45) is 6.40. The van der Waals surface area contributed by atoms with Crippen molar-refractivity contribution in [3.8, 4) is 0 Å². The number of hydrogen-bond acceptors (Lipinski definition) is 4. The molecule has 0 aliphatic carbocycles. The van der Waals surface area contributed by atoms with E-state index in [1.165, 1.54) is 25.7 Å². The second kappa shape index (κ2) is 15.9. The van der Waals surface area contributed by atoms with Gasteiger partial charge in [-0.25, -0.2) is 0 Å². The van der Waals surface area contributed by atoms with Gasteiger partial charge in [-0.1, -0.05) is 33.1 Å². The van der Waals surface area contributed by atoms with Crippen molar-refractivity contribution in [1.82, 2.24) is 0 Å². The van der Waals surface area contributed by atoms with E-state index in [1.54, 1.807) is 6.92 Å². The van der Waals surface area contributed by atoms with E-state index in [1.807, 2.05) is 0 Å². The number of Topliss-reactive ketones (excluding diaryl/α,β-unsaturated/α-hetero) is 1. The highest BCUT2D eigenvalue weighted by atomic mass is 16.5. The minimum absolute atomic E-state index is 0.219. The van der Waals surface area contributed by atoms with Gasteiger partial charge in [-0.15, -0.1) is 0 Å². The lowest BCUT2D eigenvalue weighted by Gasteiger charge is -2.14. The molecule has 4 nitrogen and oxygen atoms in total. The molecular formula is C17H34O4. The van der Waals surface area contributed by atoms with Gasteiger partial charge in [-0.05, 0) is 25.7 Å². The molecule has 126 valence electrons. The SMILES string of the molecule is CCCCC(CC)COCCOCCOCCCC(C)=O. The Morgan fingerprint density at radius 1 is 0.905 bits per heavy atom. The Labute approximate surface area is 130 Å². The zero-order valence-electron chi connectivity index (χ0n) is 14.2. The molecule has 0 aromatic carbocycles. The molecule has 0 saturated heterocycles. The first-order chi connectivity index (χ1) is 10.2. The van der Waals surface area contributed by atoms with Crippen molar-refractivity contribution in [2.24, 2.45) is 5.92 Å². The Balaban J connectivity index is 3.19. The molecular weight excluding hydrogens is 268 g/mol. The topological polar surface area (TPSA) is 44.8 Å². The van der Waals surface area contributed by atoms with Crippen LogP contribution in [0.1, 0.15) is 59.3 Å². The lowest BCUT2D eigenvalue weighted by atomic mass is 10.0. The van der Waals surface area contributed by atoms with Crippen LogP contribution in [0.2, 0.25) is 0 Å². The first-order valence-electron chi connectivity index (χ1n) is 8.43. The molecule has 0 aromatic heterocycles. The molecule has 0 bridgehead atoms. The number of ether oxygens (including phenoxy) is 3. The third kappa shape index (κ3) is 15.8. The summed E-state index contributed by atoms with van der Waals surface area (Å²) in [5.41, 5.74) is 0. The minimum atomic E-state index is 0.219. The van der Waals surface area contributed by atoms with Gasteiger partial charge >= 0.3 is 0 Å². The predicted molar refractivity (Wildman–Crippen MR) is 85.7 cm³/mol. The van der Waals surface area contributed by atoms with Gasteiger partial charge in [-0.3, -0.25) is 0 Å². The van der Waals surface area contributed by atoms with E-state index in [0.29, 0.717) is 45.4 Å². The monoisotopic (exact) mass is 302 g/mol. The molecule has 21 heavy (non-hydrogen) atoms. The second-order valence-electron chi connectivity index (χ2n) is 5.52. The number of carbonyl (C=O) groups is 1. The van der Waals surface area contributed by atoms with Gasteiger partial charge in [0.05, 0.1) is 26.4 Å².